The van der Waals surface area contributed by atoms with Crippen molar-refractivity contribution in [3.8, 4) is 0 Å². The molecule has 0 amide bonds. The first kappa shape index (κ1) is 14.2. The number of ketones is 1. The topological polar surface area (TPSA) is 73.8 Å². The van der Waals surface area contributed by atoms with Crippen LogP contribution < -0.4 is 5.73 Å². The standard InChI is InChI=1S/C12H15ClN4OS/c1-6(14)12-15-9(5-19-12)10(18)4-8-7(2)16-17(3)11(8)13/h5-6H,4,14H2,1-3H3. The molecule has 1 atom stereocenters. The average Bonchev–Trinajstić information content (AvgIpc) is 2.91. The molecule has 5 nitrogen and oxygen atoms in total. The van der Waals surface area contributed by atoms with Gasteiger partial charge in [0.1, 0.15) is 15.9 Å². The second-order valence-electron chi connectivity index (χ2n) is 4.44. The van der Waals surface area contributed by atoms with E-state index < -0.39 is 0 Å². The van der Waals surface area contributed by atoms with Crippen molar-refractivity contribution in [1.82, 2.24) is 14.8 Å². The summed E-state index contributed by atoms with van der Waals surface area (Å²) < 4.78 is 1.56. The molecule has 1 unspecified atom stereocenters. The lowest BCUT2D eigenvalue weighted by atomic mass is 10.1. The maximum absolute atomic E-state index is 12.2. The third-order valence-electron chi connectivity index (χ3n) is 2.80. The minimum absolute atomic E-state index is 0.0684. The fourth-order valence-electron chi connectivity index (χ4n) is 1.75. The van der Waals surface area contributed by atoms with Crippen LogP contribution in [0.3, 0.4) is 0 Å². The number of carbonyl (C=O) groups is 1. The van der Waals surface area contributed by atoms with Crippen molar-refractivity contribution in [1.29, 1.82) is 0 Å². The third kappa shape index (κ3) is 2.86. The van der Waals surface area contributed by atoms with Crippen LogP contribution >= 0.6 is 22.9 Å². The maximum Gasteiger partial charge on any atom is 0.186 e. The number of hydrogen-bond acceptors (Lipinski definition) is 5. The Balaban J connectivity index is 2.20. The Hall–Kier alpha value is -1.24. The fraction of sp³-hybridized carbons (Fsp3) is 0.417. The molecule has 19 heavy (non-hydrogen) atoms. The van der Waals surface area contributed by atoms with E-state index >= 15 is 0 Å². The van der Waals surface area contributed by atoms with Gasteiger partial charge in [-0.2, -0.15) is 5.10 Å². The van der Waals surface area contributed by atoms with Crippen LogP contribution in [0.15, 0.2) is 5.38 Å². The van der Waals surface area contributed by atoms with Crippen molar-refractivity contribution in [2.45, 2.75) is 26.3 Å². The Morgan fingerprint density at radius 1 is 1.63 bits per heavy atom. The number of nitrogens with zero attached hydrogens (tertiary/aromatic N) is 3. The molecule has 0 aliphatic carbocycles. The first-order valence-electron chi connectivity index (χ1n) is 5.82. The number of thiazole rings is 1. The lowest BCUT2D eigenvalue weighted by Crippen LogP contribution is -2.08. The first-order chi connectivity index (χ1) is 8.90. The molecule has 0 spiro atoms. The van der Waals surface area contributed by atoms with E-state index in [1.165, 1.54) is 11.3 Å². The second kappa shape index (κ2) is 5.40. The molecule has 2 aromatic rings. The van der Waals surface area contributed by atoms with Crippen LogP contribution in [0.4, 0.5) is 0 Å². The second-order valence-corrected chi connectivity index (χ2v) is 5.69. The lowest BCUT2D eigenvalue weighted by Gasteiger charge is -1.99. The molecule has 2 rings (SSSR count). The van der Waals surface area contributed by atoms with Crippen LogP contribution in [-0.4, -0.2) is 20.5 Å². The molecular formula is C12H15ClN4OS. The number of nitrogens with two attached hydrogens (primary N) is 1. The van der Waals surface area contributed by atoms with Gasteiger partial charge in [0.2, 0.25) is 0 Å². The molecule has 0 bridgehead atoms. The van der Waals surface area contributed by atoms with Crippen molar-refractivity contribution in [2.75, 3.05) is 0 Å². The number of rotatable bonds is 4. The van der Waals surface area contributed by atoms with Crippen molar-refractivity contribution in [3.63, 3.8) is 0 Å². The highest BCUT2D eigenvalue weighted by Crippen LogP contribution is 2.22. The average molecular weight is 299 g/mol. The summed E-state index contributed by atoms with van der Waals surface area (Å²) in [5.74, 6) is -0.0684. The highest BCUT2D eigenvalue weighted by atomic mass is 35.5. The van der Waals surface area contributed by atoms with E-state index in [-0.39, 0.29) is 18.2 Å². The summed E-state index contributed by atoms with van der Waals surface area (Å²) in [7, 11) is 1.75. The Kier molecular flexibility index (Phi) is 4.03. The largest absolute Gasteiger partial charge is 0.322 e. The Bertz CT molecular complexity index is 617. The minimum atomic E-state index is -0.157. The molecule has 0 fully saturated rings. The van der Waals surface area contributed by atoms with Gasteiger partial charge in [0.15, 0.2) is 5.78 Å². The summed E-state index contributed by atoms with van der Waals surface area (Å²) in [5, 5.41) is 7.18. The normalized spacial score (nSPS) is 12.7. The maximum atomic E-state index is 12.2. The molecule has 0 aliphatic heterocycles. The minimum Gasteiger partial charge on any atom is -0.322 e. The molecule has 102 valence electrons. The van der Waals surface area contributed by atoms with Gasteiger partial charge in [0.05, 0.1) is 11.7 Å². The van der Waals surface area contributed by atoms with Crippen molar-refractivity contribution >= 4 is 28.7 Å². The number of aryl methyl sites for hydroxylation is 2. The number of aromatic nitrogens is 3. The molecule has 2 aromatic heterocycles. The van der Waals surface area contributed by atoms with Crippen LogP contribution in [0.25, 0.3) is 0 Å². The van der Waals surface area contributed by atoms with Crippen LogP contribution in [0, 0.1) is 6.92 Å². The highest BCUT2D eigenvalue weighted by Gasteiger charge is 2.18. The molecule has 7 heteroatoms. The van der Waals surface area contributed by atoms with Crippen molar-refractivity contribution in [2.24, 2.45) is 12.8 Å². The van der Waals surface area contributed by atoms with E-state index in [2.05, 4.69) is 10.1 Å². The molecule has 0 radical (unpaired) electrons. The number of carbonyl (C=O) groups excluding carboxylic acids is 1. The van der Waals surface area contributed by atoms with E-state index in [4.69, 9.17) is 17.3 Å². The Labute approximate surface area is 120 Å². The van der Waals surface area contributed by atoms with Gasteiger partial charge in [-0.15, -0.1) is 11.3 Å². The third-order valence-corrected chi connectivity index (χ3v) is 4.32. The molecule has 0 saturated heterocycles. The van der Waals surface area contributed by atoms with Gasteiger partial charge >= 0.3 is 0 Å². The summed E-state index contributed by atoms with van der Waals surface area (Å²) in [4.78, 5) is 16.4. The summed E-state index contributed by atoms with van der Waals surface area (Å²) in [6, 6.07) is -0.157. The quantitative estimate of drug-likeness (QED) is 0.879. The Morgan fingerprint density at radius 3 is 2.79 bits per heavy atom. The zero-order chi connectivity index (χ0) is 14.2. The van der Waals surface area contributed by atoms with Gasteiger partial charge in [-0.05, 0) is 13.8 Å². The molecule has 2 N–H and O–H groups in total. The summed E-state index contributed by atoms with van der Waals surface area (Å²) in [5.41, 5.74) is 7.70. The summed E-state index contributed by atoms with van der Waals surface area (Å²) >= 11 is 7.51. The van der Waals surface area contributed by atoms with E-state index in [0.717, 1.165) is 16.3 Å². The summed E-state index contributed by atoms with van der Waals surface area (Å²) in [6.07, 6.45) is 0.209. The van der Waals surface area contributed by atoms with Gasteiger partial charge in [0, 0.05) is 24.4 Å². The van der Waals surface area contributed by atoms with Crippen LogP contribution in [0.5, 0.6) is 0 Å². The van der Waals surface area contributed by atoms with Gasteiger partial charge in [-0.25, -0.2) is 4.98 Å². The van der Waals surface area contributed by atoms with Crippen LogP contribution in [0.2, 0.25) is 5.15 Å². The monoisotopic (exact) mass is 298 g/mol. The van der Waals surface area contributed by atoms with Gasteiger partial charge < -0.3 is 5.73 Å². The van der Waals surface area contributed by atoms with E-state index in [0.29, 0.717) is 10.8 Å². The summed E-state index contributed by atoms with van der Waals surface area (Å²) in [6.45, 7) is 3.68. The van der Waals surface area contributed by atoms with E-state index in [9.17, 15) is 4.79 Å². The van der Waals surface area contributed by atoms with Gasteiger partial charge in [-0.3, -0.25) is 9.48 Å². The smallest absolute Gasteiger partial charge is 0.186 e. The molecule has 2 heterocycles. The number of halogens is 1. The van der Waals surface area contributed by atoms with Gasteiger partial charge in [0.25, 0.3) is 0 Å². The van der Waals surface area contributed by atoms with Crippen LogP contribution in [-0.2, 0) is 13.5 Å². The number of hydrogen-bond donors (Lipinski definition) is 1. The fourth-order valence-corrected chi connectivity index (χ4v) is 2.77. The first-order valence-corrected chi connectivity index (χ1v) is 7.08. The highest BCUT2D eigenvalue weighted by molar-refractivity contribution is 7.09. The Morgan fingerprint density at radius 2 is 2.32 bits per heavy atom. The van der Waals surface area contributed by atoms with Crippen molar-refractivity contribution < 1.29 is 4.79 Å². The zero-order valence-corrected chi connectivity index (χ0v) is 12.5. The molecule has 0 aromatic carbocycles. The van der Waals surface area contributed by atoms with Crippen LogP contribution in [0.1, 0.15) is 39.7 Å². The van der Waals surface area contributed by atoms with E-state index in [1.54, 1.807) is 17.1 Å². The lowest BCUT2D eigenvalue weighted by molar-refractivity contribution is 0.0988. The van der Waals surface area contributed by atoms with Crippen molar-refractivity contribution in [3.05, 3.63) is 32.5 Å². The zero-order valence-electron chi connectivity index (χ0n) is 11.0. The molecule has 0 aliphatic rings. The van der Waals surface area contributed by atoms with E-state index in [1.807, 2.05) is 13.8 Å². The molecule has 0 saturated carbocycles. The predicted octanol–water partition coefficient (Wildman–Crippen LogP) is 2.28. The number of Topliss-reactive ketones (excluding diaryl/α,β-unsaturated/α-hetero) is 1. The molecular weight excluding hydrogens is 284 g/mol. The SMILES string of the molecule is Cc1nn(C)c(Cl)c1CC(=O)c1csc(C(C)N)n1. The van der Waals surface area contributed by atoms with Gasteiger partial charge in [-0.1, -0.05) is 11.6 Å². The predicted molar refractivity (Wildman–Crippen MR) is 75.7 cm³/mol.